The lowest BCUT2D eigenvalue weighted by molar-refractivity contribution is -0.0592. The Morgan fingerprint density at radius 3 is 2.52 bits per heavy atom. The van der Waals surface area contributed by atoms with Gasteiger partial charge in [-0.05, 0) is 50.6 Å². The maximum absolute atomic E-state index is 12.6. The lowest BCUT2D eigenvalue weighted by Crippen LogP contribution is -2.48. The van der Waals surface area contributed by atoms with Crippen LogP contribution in [0.15, 0.2) is 34.7 Å². The smallest absolute Gasteiger partial charge is 0.289 e. The van der Waals surface area contributed by atoms with E-state index in [1.165, 1.54) is 0 Å². The summed E-state index contributed by atoms with van der Waals surface area (Å²) in [5, 5.41) is 0. The first-order valence-corrected chi connectivity index (χ1v) is 7.85. The third kappa shape index (κ3) is 3.24. The number of amides is 1. The van der Waals surface area contributed by atoms with Gasteiger partial charge in [-0.3, -0.25) is 4.79 Å². The molecule has 2 atom stereocenters. The van der Waals surface area contributed by atoms with E-state index in [0.29, 0.717) is 30.3 Å². The minimum atomic E-state index is -0.107. The van der Waals surface area contributed by atoms with Crippen LogP contribution in [0, 0.1) is 6.92 Å². The van der Waals surface area contributed by atoms with Crippen molar-refractivity contribution >= 4 is 11.6 Å². The van der Waals surface area contributed by atoms with Gasteiger partial charge < -0.3 is 19.8 Å². The second kappa shape index (κ2) is 6.08. The van der Waals surface area contributed by atoms with Crippen molar-refractivity contribution in [2.45, 2.75) is 33.0 Å². The summed E-state index contributed by atoms with van der Waals surface area (Å²) in [5.74, 6) is 0.838. The fraction of sp³-hybridized carbons (Fsp3) is 0.389. The molecule has 0 bridgehead atoms. The van der Waals surface area contributed by atoms with E-state index in [4.69, 9.17) is 14.9 Å². The lowest BCUT2D eigenvalue weighted by atomic mass is 10.1. The summed E-state index contributed by atoms with van der Waals surface area (Å²) in [6.07, 6.45) is 0.0646. The van der Waals surface area contributed by atoms with Crippen molar-refractivity contribution in [2.75, 3.05) is 18.8 Å². The van der Waals surface area contributed by atoms with Gasteiger partial charge in [0, 0.05) is 24.3 Å². The largest absolute Gasteiger partial charge is 0.451 e. The summed E-state index contributed by atoms with van der Waals surface area (Å²) >= 11 is 0. The first-order valence-electron chi connectivity index (χ1n) is 7.85. The number of hydrogen-bond acceptors (Lipinski definition) is 4. The average Bonchev–Trinajstić information content (AvgIpc) is 2.95. The molecule has 122 valence electrons. The number of nitrogen functional groups attached to an aromatic ring is 1. The van der Waals surface area contributed by atoms with E-state index in [0.717, 1.165) is 11.1 Å². The first kappa shape index (κ1) is 15.6. The molecule has 23 heavy (non-hydrogen) atoms. The summed E-state index contributed by atoms with van der Waals surface area (Å²) in [4.78, 5) is 14.4. The Morgan fingerprint density at radius 2 is 1.87 bits per heavy atom. The number of nitrogens with zero attached hydrogens (tertiary/aromatic N) is 1. The Balaban J connectivity index is 1.82. The number of carbonyl (C=O) groups is 1. The van der Waals surface area contributed by atoms with Crippen molar-refractivity contribution in [1.29, 1.82) is 0 Å². The van der Waals surface area contributed by atoms with Crippen LogP contribution in [-0.4, -0.2) is 36.1 Å². The van der Waals surface area contributed by atoms with E-state index in [9.17, 15) is 4.79 Å². The molecule has 1 saturated heterocycles. The summed E-state index contributed by atoms with van der Waals surface area (Å²) < 4.78 is 11.4. The quantitative estimate of drug-likeness (QED) is 0.865. The van der Waals surface area contributed by atoms with Crippen LogP contribution in [0.1, 0.15) is 30.0 Å². The molecular weight excluding hydrogens is 292 g/mol. The van der Waals surface area contributed by atoms with Crippen molar-refractivity contribution in [3.05, 3.63) is 41.7 Å². The highest BCUT2D eigenvalue weighted by atomic mass is 16.5. The Bertz CT molecular complexity index is 713. The average molecular weight is 314 g/mol. The van der Waals surface area contributed by atoms with E-state index in [-0.39, 0.29) is 18.1 Å². The zero-order chi connectivity index (χ0) is 16.6. The van der Waals surface area contributed by atoms with Gasteiger partial charge in [-0.2, -0.15) is 0 Å². The molecule has 2 N–H and O–H groups in total. The predicted molar refractivity (Wildman–Crippen MR) is 89.2 cm³/mol. The molecule has 2 heterocycles. The number of hydrogen-bond donors (Lipinski definition) is 1. The maximum Gasteiger partial charge on any atom is 0.289 e. The van der Waals surface area contributed by atoms with Crippen molar-refractivity contribution in [3.8, 4) is 11.3 Å². The van der Waals surface area contributed by atoms with Gasteiger partial charge >= 0.3 is 0 Å². The fourth-order valence-electron chi connectivity index (χ4n) is 3.00. The number of furan rings is 1. The zero-order valence-electron chi connectivity index (χ0n) is 13.7. The molecule has 1 fully saturated rings. The SMILES string of the molecule is Cc1ccc(-c2ccc(C(=O)N3CC(C)OC(C)C3)o2)c(N)c1. The number of ether oxygens (including phenoxy) is 1. The Labute approximate surface area is 136 Å². The van der Waals surface area contributed by atoms with Crippen LogP contribution in [0.2, 0.25) is 0 Å². The highest BCUT2D eigenvalue weighted by Crippen LogP contribution is 2.29. The highest BCUT2D eigenvalue weighted by molar-refractivity contribution is 5.92. The number of aryl methyl sites for hydroxylation is 1. The zero-order valence-corrected chi connectivity index (χ0v) is 13.7. The van der Waals surface area contributed by atoms with Gasteiger partial charge in [0.15, 0.2) is 5.76 Å². The van der Waals surface area contributed by atoms with E-state index >= 15 is 0 Å². The van der Waals surface area contributed by atoms with Crippen LogP contribution in [0.5, 0.6) is 0 Å². The molecule has 0 spiro atoms. The van der Waals surface area contributed by atoms with E-state index in [1.54, 1.807) is 17.0 Å². The van der Waals surface area contributed by atoms with Crippen LogP contribution in [0.25, 0.3) is 11.3 Å². The number of rotatable bonds is 2. The van der Waals surface area contributed by atoms with E-state index in [1.807, 2.05) is 39.0 Å². The van der Waals surface area contributed by atoms with Crippen molar-refractivity contribution < 1.29 is 13.9 Å². The molecule has 0 aliphatic carbocycles. The molecule has 5 heteroatoms. The van der Waals surface area contributed by atoms with Gasteiger partial charge in [-0.15, -0.1) is 0 Å². The van der Waals surface area contributed by atoms with Crippen molar-refractivity contribution in [3.63, 3.8) is 0 Å². The van der Waals surface area contributed by atoms with E-state index in [2.05, 4.69) is 0 Å². The van der Waals surface area contributed by atoms with Gasteiger partial charge in [0.05, 0.1) is 12.2 Å². The normalized spacial score (nSPS) is 21.4. The molecule has 0 radical (unpaired) electrons. The second-order valence-corrected chi connectivity index (χ2v) is 6.22. The number of morpholine rings is 1. The van der Waals surface area contributed by atoms with Crippen LogP contribution < -0.4 is 5.73 Å². The third-order valence-electron chi connectivity index (χ3n) is 4.00. The Hall–Kier alpha value is -2.27. The second-order valence-electron chi connectivity index (χ2n) is 6.22. The minimum absolute atomic E-state index is 0.0323. The van der Waals surface area contributed by atoms with Gasteiger partial charge in [0.25, 0.3) is 5.91 Å². The van der Waals surface area contributed by atoms with Crippen LogP contribution in [-0.2, 0) is 4.74 Å². The van der Waals surface area contributed by atoms with Gasteiger partial charge in [0.2, 0.25) is 0 Å². The topological polar surface area (TPSA) is 68.7 Å². The molecule has 0 saturated carbocycles. The maximum atomic E-state index is 12.6. The van der Waals surface area contributed by atoms with E-state index < -0.39 is 0 Å². The van der Waals surface area contributed by atoms with Crippen molar-refractivity contribution in [1.82, 2.24) is 4.90 Å². The van der Waals surface area contributed by atoms with Crippen LogP contribution in [0.4, 0.5) is 5.69 Å². The minimum Gasteiger partial charge on any atom is -0.451 e. The molecule has 1 aliphatic rings. The summed E-state index contributed by atoms with van der Waals surface area (Å²) in [6, 6.07) is 9.28. The molecule has 1 aromatic heterocycles. The van der Waals surface area contributed by atoms with Crippen LogP contribution >= 0.6 is 0 Å². The molecular formula is C18H22N2O3. The number of carbonyl (C=O) groups excluding carboxylic acids is 1. The fourth-order valence-corrected chi connectivity index (χ4v) is 3.00. The van der Waals surface area contributed by atoms with Gasteiger partial charge in [-0.25, -0.2) is 0 Å². The van der Waals surface area contributed by atoms with Gasteiger partial charge in [0.1, 0.15) is 5.76 Å². The van der Waals surface area contributed by atoms with Crippen LogP contribution in [0.3, 0.4) is 0 Å². The van der Waals surface area contributed by atoms with Crippen molar-refractivity contribution in [2.24, 2.45) is 0 Å². The molecule has 3 rings (SSSR count). The monoisotopic (exact) mass is 314 g/mol. The molecule has 2 aromatic rings. The molecule has 1 amide bonds. The Kier molecular flexibility index (Phi) is 4.13. The molecule has 1 aromatic carbocycles. The summed E-state index contributed by atoms with van der Waals surface area (Å²) in [5.41, 5.74) is 8.58. The highest BCUT2D eigenvalue weighted by Gasteiger charge is 2.28. The summed E-state index contributed by atoms with van der Waals surface area (Å²) in [6.45, 7) is 7.07. The number of benzene rings is 1. The Morgan fingerprint density at radius 1 is 1.17 bits per heavy atom. The molecule has 2 unspecified atom stereocenters. The standard InChI is InChI=1S/C18H22N2O3/c1-11-4-5-14(15(19)8-11)16-6-7-17(23-16)18(21)20-9-12(2)22-13(3)10-20/h4-8,12-13H,9-10,19H2,1-3H3. The molecule has 5 nitrogen and oxygen atoms in total. The molecule has 1 aliphatic heterocycles. The number of nitrogens with two attached hydrogens (primary N) is 1. The van der Waals surface area contributed by atoms with Gasteiger partial charge in [-0.1, -0.05) is 6.07 Å². The summed E-state index contributed by atoms with van der Waals surface area (Å²) in [7, 11) is 0. The lowest BCUT2D eigenvalue weighted by Gasteiger charge is -2.34. The number of anilines is 1. The first-order chi connectivity index (χ1) is 10.9. The third-order valence-corrected chi connectivity index (χ3v) is 4.00. The predicted octanol–water partition coefficient (Wildman–Crippen LogP) is 3.09.